The number of nitrogens with zero attached hydrogens (tertiary/aromatic N) is 1. The molecule has 2 nitrogen and oxygen atoms in total. The Labute approximate surface area is 116 Å². The van der Waals surface area contributed by atoms with Crippen LogP contribution >= 0.6 is 12.4 Å². The van der Waals surface area contributed by atoms with Crippen LogP contribution in [0.1, 0.15) is 36.8 Å². The monoisotopic (exact) mass is 266 g/mol. The minimum atomic E-state index is 0. The number of anilines is 1. The minimum Gasteiger partial charge on any atom is -0.384 e. The Balaban J connectivity index is 0.00000120. The molecule has 3 rings (SSSR count). The van der Waals surface area contributed by atoms with E-state index in [4.69, 9.17) is 0 Å². The lowest BCUT2D eigenvalue weighted by Gasteiger charge is -2.25. The van der Waals surface area contributed by atoms with Crippen molar-refractivity contribution in [1.82, 2.24) is 4.90 Å². The Kier molecular flexibility index (Phi) is 4.52. The van der Waals surface area contributed by atoms with Gasteiger partial charge in [-0.05, 0) is 37.4 Å². The summed E-state index contributed by atoms with van der Waals surface area (Å²) in [5, 5.41) is 3.54. The zero-order valence-corrected chi connectivity index (χ0v) is 11.9. The Bertz CT molecular complexity index is 399. The summed E-state index contributed by atoms with van der Waals surface area (Å²) in [6, 6.07) is 7.56. The van der Waals surface area contributed by atoms with Crippen LogP contribution in [0.4, 0.5) is 5.69 Å². The van der Waals surface area contributed by atoms with Gasteiger partial charge in [0, 0.05) is 24.8 Å². The van der Waals surface area contributed by atoms with E-state index in [1.165, 1.54) is 48.9 Å². The Morgan fingerprint density at radius 2 is 2.06 bits per heavy atom. The van der Waals surface area contributed by atoms with E-state index in [9.17, 15) is 0 Å². The summed E-state index contributed by atoms with van der Waals surface area (Å²) >= 11 is 0. The largest absolute Gasteiger partial charge is 0.384 e. The van der Waals surface area contributed by atoms with Crippen molar-refractivity contribution in [3.05, 3.63) is 29.3 Å². The average Bonchev–Trinajstić information content (AvgIpc) is 3.00. The molecule has 0 atom stereocenters. The van der Waals surface area contributed by atoms with Crippen molar-refractivity contribution in [1.29, 1.82) is 0 Å². The molecule has 0 saturated heterocycles. The standard InChI is InChI=1S/C15H22N2.ClH/c1-17(14-7-2-3-8-14)11-13-6-4-5-12-9-10-16-15(12)13;/h4-6,14,16H,2-3,7-11H2,1H3;1H. The molecule has 18 heavy (non-hydrogen) atoms. The van der Waals surface area contributed by atoms with Crippen molar-refractivity contribution >= 4 is 18.1 Å². The van der Waals surface area contributed by atoms with Crippen LogP contribution in [0, 0.1) is 0 Å². The Hall–Kier alpha value is -0.730. The molecule has 100 valence electrons. The third-order valence-electron chi connectivity index (χ3n) is 4.30. The lowest BCUT2D eigenvalue weighted by Crippen LogP contribution is -2.28. The summed E-state index contributed by atoms with van der Waals surface area (Å²) in [6.45, 7) is 2.21. The summed E-state index contributed by atoms with van der Waals surface area (Å²) in [7, 11) is 2.28. The van der Waals surface area contributed by atoms with Crippen LogP contribution in [0.3, 0.4) is 0 Å². The fraction of sp³-hybridized carbons (Fsp3) is 0.600. The molecule has 0 aromatic heterocycles. The second-order valence-electron chi connectivity index (χ2n) is 5.48. The summed E-state index contributed by atoms with van der Waals surface area (Å²) in [6.07, 6.45) is 6.80. The van der Waals surface area contributed by atoms with Gasteiger partial charge in [0.2, 0.25) is 0 Å². The molecule has 0 spiro atoms. The van der Waals surface area contributed by atoms with Crippen LogP contribution in [-0.4, -0.2) is 24.5 Å². The van der Waals surface area contributed by atoms with E-state index in [0.717, 1.165) is 19.1 Å². The van der Waals surface area contributed by atoms with Gasteiger partial charge in [0.15, 0.2) is 0 Å². The van der Waals surface area contributed by atoms with Gasteiger partial charge in [-0.25, -0.2) is 0 Å². The highest BCUT2D eigenvalue weighted by Gasteiger charge is 2.21. The van der Waals surface area contributed by atoms with Gasteiger partial charge >= 0.3 is 0 Å². The molecule has 1 saturated carbocycles. The first-order chi connectivity index (χ1) is 8.34. The van der Waals surface area contributed by atoms with Gasteiger partial charge in [0.1, 0.15) is 0 Å². The third kappa shape index (κ3) is 2.65. The molecular weight excluding hydrogens is 244 g/mol. The molecule has 0 unspecified atom stereocenters. The van der Waals surface area contributed by atoms with Gasteiger partial charge in [-0.3, -0.25) is 4.90 Å². The molecule has 0 amide bonds. The fourth-order valence-electron chi connectivity index (χ4n) is 3.29. The first-order valence-corrected chi connectivity index (χ1v) is 6.89. The maximum atomic E-state index is 3.54. The van der Waals surface area contributed by atoms with Crippen LogP contribution in [-0.2, 0) is 13.0 Å². The van der Waals surface area contributed by atoms with Crippen LogP contribution in [0.15, 0.2) is 18.2 Å². The highest BCUT2D eigenvalue weighted by atomic mass is 35.5. The van der Waals surface area contributed by atoms with Crippen LogP contribution in [0.25, 0.3) is 0 Å². The third-order valence-corrected chi connectivity index (χ3v) is 4.30. The average molecular weight is 267 g/mol. The Morgan fingerprint density at radius 1 is 1.28 bits per heavy atom. The predicted octanol–water partition coefficient (Wildman–Crippen LogP) is 3.45. The zero-order chi connectivity index (χ0) is 11.7. The molecule has 2 aliphatic rings. The number of para-hydroxylation sites is 1. The van der Waals surface area contributed by atoms with Crippen LogP contribution < -0.4 is 5.32 Å². The van der Waals surface area contributed by atoms with Crippen molar-refractivity contribution in [3.8, 4) is 0 Å². The molecule has 1 aromatic carbocycles. The van der Waals surface area contributed by atoms with E-state index >= 15 is 0 Å². The number of benzene rings is 1. The van der Waals surface area contributed by atoms with Gasteiger partial charge in [-0.15, -0.1) is 12.4 Å². The Morgan fingerprint density at radius 3 is 2.83 bits per heavy atom. The number of nitrogens with one attached hydrogen (secondary N) is 1. The lowest BCUT2D eigenvalue weighted by molar-refractivity contribution is 0.238. The molecule has 1 aliphatic carbocycles. The minimum absolute atomic E-state index is 0. The van der Waals surface area contributed by atoms with Crippen LogP contribution in [0.5, 0.6) is 0 Å². The maximum Gasteiger partial charge on any atom is 0.0419 e. The lowest BCUT2D eigenvalue weighted by atomic mass is 10.1. The summed E-state index contributed by atoms with van der Waals surface area (Å²) < 4.78 is 0. The topological polar surface area (TPSA) is 15.3 Å². The summed E-state index contributed by atoms with van der Waals surface area (Å²) in [5.41, 5.74) is 4.40. The zero-order valence-electron chi connectivity index (χ0n) is 11.1. The normalized spacial score (nSPS) is 18.6. The molecule has 3 heteroatoms. The van der Waals surface area contributed by atoms with Crippen molar-refractivity contribution in [3.63, 3.8) is 0 Å². The number of rotatable bonds is 3. The molecular formula is C15H23ClN2. The highest BCUT2D eigenvalue weighted by molar-refractivity contribution is 5.85. The fourth-order valence-corrected chi connectivity index (χ4v) is 3.29. The number of hydrogen-bond donors (Lipinski definition) is 1. The van der Waals surface area contributed by atoms with Crippen molar-refractivity contribution < 1.29 is 0 Å². The van der Waals surface area contributed by atoms with Crippen molar-refractivity contribution in [2.75, 3.05) is 18.9 Å². The van der Waals surface area contributed by atoms with E-state index in [2.05, 4.69) is 35.5 Å². The SMILES string of the molecule is CN(Cc1cccc2c1NCC2)C1CCCC1.Cl. The smallest absolute Gasteiger partial charge is 0.0419 e. The molecule has 0 bridgehead atoms. The van der Waals surface area contributed by atoms with E-state index in [1.54, 1.807) is 0 Å². The molecule has 1 aliphatic heterocycles. The van der Waals surface area contributed by atoms with Crippen LogP contribution in [0.2, 0.25) is 0 Å². The van der Waals surface area contributed by atoms with Gasteiger partial charge in [0.05, 0.1) is 0 Å². The van der Waals surface area contributed by atoms with E-state index in [-0.39, 0.29) is 12.4 Å². The van der Waals surface area contributed by atoms with E-state index in [1.807, 2.05) is 0 Å². The first kappa shape index (κ1) is 13.7. The summed E-state index contributed by atoms with van der Waals surface area (Å²) in [5.74, 6) is 0. The first-order valence-electron chi connectivity index (χ1n) is 6.89. The maximum absolute atomic E-state index is 3.54. The van der Waals surface area contributed by atoms with Gasteiger partial charge < -0.3 is 5.32 Å². The molecule has 1 fully saturated rings. The number of fused-ring (bicyclic) bond motifs is 1. The van der Waals surface area contributed by atoms with Crippen molar-refractivity contribution in [2.45, 2.75) is 44.7 Å². The second kappa shape index (κ2) is 5.94. The highest BCUT2D eigenvalue weighted by Crippen LogP contribution is 2.29. The predicted molar refractivity (Wildman–Crippen MR) is 79.6 cm³/mol. The number of halogens is 1. The molecule has 1 N–H and O–H groups in total. The van der Waals surface area contributed by atoms with E-state index < -0.39 is 0 Å². The van der Waals surface area contributed by atoms with Gasteiger partial charge in [0.25, 0.3) is 0 Å². The molecule has 1 heterocycles. The molecule has 1 aromatic rings. The van der Waals surface area contributed by atoms with E-state index in [0.29, 0.717) is 0 Å². The summed E-state index contributed by atoms with van der Waals surface area (Å²) in [4.78, 5) is 2.54. The van der Waals surface area contributed by atoms with Crippen molar-refractivity contribution in [2.24, 2.45) is 0 Å². The molecule has 0 radical (unpaired) electrons. The second-order valence-corrected chi connectivity index (χ2v) is 5.48. The number of hydrogen-bond acceptors (Lipinski definition) is 2. The van der Waals surface area contributed by atoms with Gasteiger partial charge in [-0.1, -0.05) is 31.0 Å². The van der Waals surface area contributed by atoms with Gasteiger partial charge in [-0.2, -0.15) is 0 Å². The quantitative estimate of drug-likeness (QED) is 0.902.